The molecule has 0 fully saturated rings. The number of ether oxygens (including phenoxy) is 2. The normalized spacial score (nSPS) is 12.9. The minimum absolute atomic E-state index is 0.554. The average Bonchev–Trinajstić information content (AvgIpc) is 3.93. The van der Waals surface area contributed by atoms with Crippen LogP contribution >= 0.6 is 0 Å². The lowest BCUT2D eigenvalue weighted by atomic mass is 9.67. The highest BCUT2D eigenvalue weighted by molar-refractivity contribution is 6.09. The number of fused-ring (bicyclic) bond motifs is 8. The van der Waals surface area contributed by atoms with Gasteiger partial charge in [-0.25, -0.2) is 15.0 Å². The van der Waals surface area contributed by atoms with Gasteiger partial charge in [0.1, 0.15) is 0 Å². The van der Waals surface area contributed by atoms with Gasteiger partial charge >= 0.3 is 0 Å². The molecule has 0 unspecified atom stereocenters. The predicted molar refractivity (Wildman–Crippen MR) is 280 cm³/mol. The van der Waals surface area contributed by atoms with Crippen molar-refractivity contribution in [2.45, 2.75) is 5.41 Å². The molecule has 0 bridgehead atoms. The van der Waals surface area contributed by atoms with Gasteiger partial charge in [-0.05, 0) is 111 Å². The molecule has 10 aromatic carbocycles. The highest BCUT2D eigenvalue weighted by atomic mass is 16.6. The van der Waals surface area contributed by atoms with Crippen LogP contribution in [0, 0.1) is 0 Å². The molecule has 0 radical (unpaired) electrons. The molecule has 0 spiro atoms. The summed E-state index contributed by atoms with van der Waals surface area (Å²) in [5.74, 6) is 4.46. The van der Waals surface area contributed by atoms with E-state index in [4.69, 9.17) is 24.4 Å². The van der Waals surface area contributed by atoms with Gasteiger partial charge in [0.05, 0.1) is 16.4 Å². The zero-order valence-corrected chi connectivity index (χ0v) is 37.7. The second-order valence-electron chi connectivity index (χ2n) is 17.9. The van der Waals surface area contributed by atoms with E-state index >= 15 is 0 Å². The van der Waals surface area contributed by atoms with E-state index in [1.54, 1.807) is 0 Å². The molecule has 0 saturated carbocycles. The van der Waals surface area contributed by atoms with E-state index in [0.29, 0.717) is 40.5 Å². The summed E-state index contributed by atoms with van der Waals surface area (Å²) in [5, 5.41) is 2.45. The molecule has 0 saturated heterocycles. The largest absolute Gasteiger partial charge is 0.449 e. The third kappa shape index (κ3) is 6.24. The second-order valence-corrected chi connectivity index (χ2v) is 17.9. The van der Waals surface area contributed by atoms with Crippen LogP contribution in [-0.2, 0) is 5.41 Å². The Morgan fingerprint density at radius 3 is 1.49 bits per heavy atom. The molecule has 328 valence electrons. The summed E-state index contributed by atoms with van der Waals surface area (Å²) in [5.41, 5.74) is 14.6. The van der Waals surface area contributed by atoms with Gasteiger partial charge in [0.15, 0.2) is 40.5 Å². The van der Waals surface area contributed by atoms with Crippen LogP contribution in [0.4, 0.5) is 0 Å². The molecule has 14 rings (SSSR count). The van der Waals surface area contributed by atoms with Crippen molar-refractivity contribution in [2.24, 2.45) is 0 Å². The minimum Gasteiger partial charge on any atom is -0.449 e. The van der Waals surface area contributed by atoms with Gasteiger partial charge in [-0.15, -0.1) is 0 Å². The van der Waals surface area contributed by atoms with Crippen LogP contribution in [0.3, 0.4) is 0 Å². The second kappa shape index (κ2) is 15.9. The zero-order valence-electron chi connectivity index (χ0n) is 37.7. The number of hydrogen-bond acceptors (Lipinski definition) is 5. The molecule has 6 nitrogen and oxygen atoms in total. The van der Waals surface area contributed by atoms with E-state index in [0.717, 1.165) is 55.7 Å². The van der Waals surface area contributed by atoms with Gasteiger partial charge in [-0.1, -0.05) is 176 Å². The summed E-state index contributed by atoms with van der Waals surface area (Å²) >= 11 is 0. The quantitative estimate of drug-likeness (QED) is 0.159. The van der Waals surface area contributed by atoms with Crippen molar-refractivity contribution in [2.75, 3.05) is 0 Å². The molecule has 1 aliphatic carbocycles. The fourth-order valence-electron chi connectivity index (χ4n) is 10.8. The van der Waals surface area contributed by atoms with Crippen LogP contribution in [0.25, 0.3) is 83.9 Å². The summed E-state index contributed by atoms with van der Waals surface area (Å²) in [6, 6.07) is 84.9. The molecular formula is C64H40N4O2. The van der Waals surface area contributed by atoms with Crippen LogP contribution in [-0.4, -0.2) is 19.5 Å². The topological polar surface area (TPSA) is 62.1 Å². The summed E-state index contributed by atoms with van der Waals surface area (Å²) < 4.78 is 15.9. The molecule has 2 aliphatic rings. The molecule has 2 aromatic heterocycles. The minimum atomic E-state index is -0.554. The molecule has 6 heteroatoms. The van der Waals surface area contributed by atoms with E-state index in [9.17, 15) is 0 Å². The number of hydrogen-bond donors (Lipinski definition) is 0. The van der Waals surface area contributed by atoms with Crippen LogP contribution in [0.1, 0.15) is 22.3 Å². The summed E-state index contributed by atoms with van der Waals surface area (Å²) in [6.07, 6.45) is 0. The molecule has 1 aliphatic heterocycles. The molecule has 0 atom stereocenters. The van der Waals surface area contributed by atoms with Crippen molar-refractivity contribution < 1.29 is 9.47 Å². The maximum atomic E-state index is 6.89. The first-order valence-electron chi connectivity index (χ1n) is 23.6. The van der Waals surface area contributed by atoms with Gasteiger partial charge in [-0.3, -0.25) is 0 Å². The monoisotopic (exact) mass is 896 g/mol. The molecule has 70 heavy (non-hydrogen) atoms. The van der Waals surface area contributed by atoms with Gasteiger partial charge in [0.25, 0.3) is 0 Å². The fourth-order valence-corrected chi connectivity index (χ4v) is 10.8. The number of nitrogens with zero attached hydrogens (tertiary/aromatic N) is 4. The summed E-state index contributed by atoms with van der Waals surface area (Å²) in [7, 11) is 0. The van der Waals surface area contributed by atoms with E-state index < -0.39 is 5.41 Å². The standard InChI is InChI=1S/C64H40N4O2/c1-4-17-41(18-5-1)61-65-62(42-31-34-48(35-32-42)68-55-29-14-11-26-50(55)51-27-12-15-30-56(51)68)67-63(66-61)45-20-16-19-43(37-45)44-33-36-57-58(38-44)70-60-40-54-52(39-59(60)69-57)49-25-10-13-28-53(49)64(54,46-21-6-2-7-22-46)47-23-8-3-9-24-47/h1-40H. The maximum absolute atomic E-state index is 6.89. The van der Waals surface area contributed by atoms with Crippen LogP contribution in [0.5, 0.6) is 23.0 Å². The van der Waals surface area contributed by atoms with Gasteiger partial charge in [-0.2, -0.15) is 0 Å². The van der Waals surface area contributed by atoms with Gasteiger partial charge < -0.3 is 14.0 Å². The van der Waals surface area contributed by atoms with Crippen molar-refractivity contribution >= 4 is 21.8 Å². The van der Waals surface area contributed by atoms with Crippen molar-refractivity contribution in [1.82, 2.24) is 19.5 Å². The molecular weight excluding hydrogens is 857 g/mol. The SMILES string of the molecule is c1ccc(-c2nc(-c3ccc(-n4c5ccccc5c5ccccc54)cc3)nc(-c3cccc(-c4ccc5c(c4)Oc4cc6c(cc4O5)-c4ccccc4C6(c4ccccc4)c4ccccc4)c3)n2)cc1. The lowest BCUT2D eigenvalue weighted by Crippen LogP contribution is -2.28. The Hall–Kier alpha value is -9.39. The van der Waals surface area contributed by atoms with Crippen molar-refractivity contribution in [1.29, 1.82) is 0 Å². The number of para-hydroxylation sites is 2. The van der Waals surface area contributed by atoms with E-state index in [2.05, 4.69) is 211 Å². The fraction of sp³-hybridized carbons (Fsp3) is 0.0156. The Bertz CT molecular complexity index is 3910. The molecule has 3 heterocycles. The lowest BCUT2D eigenvalue weighted by molar-refractivity contribution is 0.359. The molecule has 0 N–H and O–H groups in total. The Labute approximate surface area is 404 Å². The highest BCUT2D eigenvalue weighted by Crippen LogP contribution is 2.60. The van der Waals surface area contributed by atoms with Crippen LogP contribution in [0.2, 0.25) is 0 Å². The predicted octanol–water partition coefficient (Wildman–Crippen LogP) is 15.9. The van der Waals surface area contributed by atoms with Gasteiger partial charge in [0.2, 0.25) is 0 Å². The first-order chi connectivity index (χ1) is 34.7. The molecule has 0 amide bonds. The smallest absolute Gasteiger partial charge is 0.170 e. The van der Waals surface area contributed by atoms with Crippen molar-refractivity contribution in [3.05, 3.63) is 265 Å². The first-order valence-corrected chi connectivity index (χ1v) is 23.6. The number of aromatic nitrogens is 4. The van der Waals surface area contributed by atoms with Gasteiger partial charge in [0, 0.05) is 33.2 Å². The van der Waals surface area contributed by atoms with E-state index in [1.807, 2.05) is 36.4 Å². The van der Waals surface area contributed by atoms with E-state index in [1.165, 1.54) is 33.0 Å². The number of rotatable bonds is 7. The Morgan fingerprint density at radius 1 is 0.314 bits per heavy atom. The molecule has 12 aromatic rings. The van der Waals surface area contributed by atoms with Crippen LogP contribution in [0.15, 0.2) is 243 Å². The van der Waals surface area contributed by atoms with Crippen molar-refractivity contribution in [3.63, 3.8) is 0 Å². The first kappa shape index (κ1) is 39.7. The summed E-state index contributed by atoms with van der Waals surface area (Å²) in [6.45, 7) is 0. The average molecular weight is 897 g/mol. The Balaban J connectivity index is 0.827. The van der Waals surface area contributed by atoms with Crippen LogP contribution < -0.4 is 9.47 Å². The number of benzene rings is 10. The third-order valence-electron chi connectivity index (χ3n) is 14.0. The third-order valence-corrected chi connectivity index (χ3v) is 14.0. The van der Waals surface area contributed by atoms with E-state index in [-0.39, 0.29) is 0 Å². The Morgan fingerprint density at radius 2 is 0.800 bits per heavy atom. The summed E-state index contributed by atoms with van der Waals surface area (Å²) in [4.78, 5) is 15.3. The lowest BCUT2D eigenvalue weighted by Gasteiger charge is -2.34. The van der Waals surface area contributed by atoms with Crippen molar-refractivity contribution in [3.8, 4) is 85.1 Å². The maximum Gasteiger partial charge on any atom is 0.170 e. The Kier molecular flexibility index (Phi) is 9.01. The highest BCUT2D eigenvalue weighted by Gasteiger charge is 2.47. The zero-order chi connectivity index (χ0) is 46.2.